The highest BCUT2D eigenvalue weighted by Crippen LogP contribution is 2.53. The molecule has 2 aromatic rings. The van der Waals surface area contributed by atoms with Gasteiger partial charge in [-0.1, -0.05) is 36.8 Å². The molecule has 1 heterocycles. The number of benzene rings is 1. The first-order valence-electron chi connectivity index (χ1n) is 7.65. The van der Waals surface area contributed by atoms with Crippen molar-refractivity contribution >= 4 is 5.82 Å². The number of hydrogen-bond acceptors (Lipinski definition) is 2. The van der Waals surface area contributed by atoms with Crippen LogP contribution >= 0.6 is 0 Å². The number of fused-ring (bicyclic) bond motifs is 2. The average Bonchev–Trinajstić information content (AvgIpc) is 3.17. The number of hydrogen-bond donors (Lipinski definition) is 1. The monoisotopic (exact) mass is 267 g/mol. The lowest BCUT2D eigenvalue weighted by atomic mass is 9.86. The molecule has 3 unspecified atom stereocenters. The highest BCUT2D eigenvalue weighted by molar-refractivity contribution is 5.40. The van der Waals surface area contributed by atoms with Gasteiger partial charge in [0.2, 0.25) is 0 Å². The zero-order valence-corrected chi connectivity index (χ0v) is 11.7. The van der Waals surface area contributed by atoms with Crippen LogP contribution in [0, 0.1) is 11.8 Å². The zero-order valence-electron chi connectivity index (χ0n) is 11.7. The third kappa shape index (κ3) is 1.92. The van der Waals surface area contributed by atoms with Crippen molar-refractivity contribution in [1.29, 1.82) is 0 Å². The standard InChI is InChI=1S/C17H21N3/c18-17-16(15-9-13-6-7-14(15)8-13)19-11-20(17)10-12-4-2-1-3-5-12/h1-5,11,13-15H,6-10,18H2. The molecule has 20 heavy (non-hydrogen) atoms. The largest absolute Gasteiger partial charge is 0.384 e. The Bertz CT molecular complexity index is 602. The van der Waals surface area contributed by atoms with Gasteiger partial charge in [0.1, 0.15) is 5.82 Å². The maximum atomic E-state index is 6.36. The number of nitrogens with zero attached hydrogens (tertiary/aromatic N) is 2. The molecule has 4 rings (SSSR count). The maximum absolute atomic E-state index is 6.36. The predicted molar refractivity (Wildman–Crippen MR) is 80.4 cm³/mol. The summed E-state index contributed by atoms with van der Waals surface area (Å²) in [6, 6.07) is 10.5. The van der Waals surface area contributed by atoms with Crippen LogP contribution in [0.4, 0.5) is 5.82 Å². The topological polar surface area (TPSA) is 43.8 Å². The fourth-order valence-electron chi connectivity index (χ4n) is 4.18. The van der Waals surface area contributed by atoms with Gasteiger partial charge in [0.15, 0.2) is 0 Å². The van der Waals surface area contributed by atoms with Crippen molar-refractivity contribution in [2.45, 2.75) is 38.1 Å². The minimum atomic E-state index is 0.616. The summed E-state index contributed by atoms with van der Waals surface area (Å²) < 4.78 is 2.09. The normalized spacial score (nSPS) is 28.1. The van der Waals surface area contributed by atoms with Gasteiger partial charge >= 0.3 is 0 Å². The molecule has 1 aromatic heterocycles. The summed E-state index contributed by atoms with van der Waals surface area (Å²) in [5, 5.41) is 0. The second kappa shape index (κ2) is 4.65. The molecule has 3 atom stereocenters. The van der Waals surface area contributed by atoms with E-state index in [9.17, 15) is 0 Å². The number of rotatable bonds is 3. The lowest BCUT2D eigenvalue weighted by molar-refractivity contribution is 0.415. The molecule has 2 fully saturated rings. The minimum Gasteiger partial charge on any atom is -0.384 e. The van der Waals surface area contributed by atoms with E-state index in [-0.39, 0.29) is 0 Å². The van der Waals surface area contributed by atoms with E-state index in [4.69, 9.17) is 5.73 Å². The molecule has 0 spiro atoms. The van der Waals surface area contributed by atoms with Gasteiger partial charge in [-0.15, -0.1) is 0 Å². The Morgan fingerprint density at radius 2 is 2.00 bits per heavy atom. The van der Waals surface area contributed by atoms with E-state index in [1.54, 1.807) is 0 Å². The van der Waals surface area contributed by atoms with Crippen LogP contribution in [0.1, 0.15) is 42.9 Å². The molecule has 0 aliphatic heterocycles. The van der Waals surface area contributed by atoms with Gasteiger partial charge in [0.05, 0.1) is 18.6 Å². The third-order valence-electron chi connectivity index (χ3n) is 5.19. The van der Waals surface area contributed by atoms with Gasteiger partial charge in [-0.25, -0.2) is 4.98 Å². The first-order valence-corrected chi connectivity index (χ1v) is 7.65. The lowest BCUT2D eigenvalue weighted by Crippen LogP contribution is -2.12. The van der Waals surface area contributed by atoms with Crippen LogP contribution in [-0.4, -0.2) is 9.55 Å². The molecule has 104 valence electrons. The molecule has 2 N–H and O–H groups in total. The van der Waals surface area contributed by atoms with Crippen molar-refractivity contribution in [1.82, 2.24) is 9.55 Å². The van der Waals surface area contributed by atoms with Crippen molar-refractivity contribution < 1.29 is 0 Å². The van der Waals surface area contributed by atoms with Crippen molar-refractivity contribution in [3.05, 3.63) is 47.9 Å². The fourth-order valence-corrected chi connectivity index (χ4v) is 4.18. The molecular weight excluding hydrogens is 246 g/mol. The second-order valence-corrected chi connectivity index (χ2v) is 6.41. The van der Waals surface area contributed by atoms with Crippen LogP contribution in [0.5, 0.6) is 0 Å². The molecule has 1 aromatic carbocycles. The van der Waals surface area contributed by atoms with Gasteiger partial charge in [0.25, 0.3) is 0 Å². The van der Waals surface area contributed by atoms with E-state index in [0.717, 1.165) is 29.9 Å². The summed E-state index contributed by atoms with van der Waals surface area (Å²) in [5.74, 6) is 3.27. The van der Waals surface area contributed by atoms with Crippen molar-refractivity contribution in [2.24, 2.45) is 11.8 Å². The Kier molecular flexibility index (Phi) is 2.79. The van der Waals surface area contributed by atoms with Gasteiger partial charge in [0, 0.05) is 5.92 Å². The summed E-state index contributed by atoms with van der Waals surface area (Å²) in [4.78, 5) is 4.65. The third-order valence-corrected chi connectivity index (χ3v) is 5.19. The molecule has 3 heteroatoms. The smallest absolute Gasteiger partial charge is 0.127 e. The van der Waals surface area contributed by atoms with E-state index >= 15 is 0 Å². The lowest BCUT2D eigenvalue weighted by Gasteiger charge is -2.20. The minimum absolute atomic E-state index is 0.616. The Hall–Kier alpha value is -1.77. The van der Waals surface area contributed by atoms with Gasteiger partial charge in [-0.05, 0) is 36.7 Å². The van der Waals surface area contributed by atoms with Gasteiger partial charge in [-0.2, -0.15) is 0 Å². The molecule has 2 saturated carbocycles. The zero-order chi connectivity index (χ0) is 13.5. The number of anilines is 1. The summed E-state index contributed by atoms with van der Waals surface area (Å²) in [7, 11) is 0. The highest BCUT2D eigenvalue weighted by atomic mass is 15.1. The van der Waals surface area contributed by atoms with E-state index in [2.05, 4.69) is 33.8 Å². The van der Waals surface area contributed by atoms with E-state index in [0.29, 0.717) is 5.92 Å². The average molecular weight is 267 g/mol. The molecule has 0 saturated heterocycles. The summed E-state index contributed by atoms with van der Waals surface area (Å²) in [6.07, 6.45) is 7.42. The number of imidazole rings is 1. The number of nitrogen functional groups attached to an aromatic ring is 1. The van der Waals surface area contributed by atoms with Gasteiger partial charge < -0.3 is 10.3 Å². The summed E-state index contributed by atoms with van der Waals surface area (Å²) in [5.41, 5.74) is 8.80. The van der Waals surface area contributed by atoms with E-state index < -0.39 is 0 Å². The van der Waals surface area contributed by atoms with Crippen LogP contribution in [0.15, 0.2) is 36.7 Å². The van der Waals surface area contributed by atoms with Crippen molar-refractivity contribution in [2.75, 3.05) is 5.73 Å². The summed E-state index contributed by atoms with van der Waals surface area (Å²) in [6.45, 7) is 0.820. The Balaban J connectivity index is 1.58. The Morgan fingerprint density at radius 1 is 1.15 bits per heavy atom. The van der Waals surface area contributed by atoms with E-state index in [1.807, 2.05) is 12.4 Å². The second-order valence-electron chi connectivity index (χ2n) is 6.41. The Morgan fingerprint density at radius 3 is 2.70 bits per heavy atom. The van der Waals surface area contributed by atoms with Crippen LogP contribution in [0.3, 0.4) is 0 Å². The van der Waals surface area contributed by atoms with Crippen LogP contribution < -0.4 is 5.73 Å². The van der Waals surface area contributed by atoms with Crippen LogP contribution in [-0.2, 0) is 6.54 Å². The van der Waals surface area contributed by atoms with Crippen molar-refractivity contribution in [3.8, 4) is 0 Å². The Labute approximate surface area is 119 Å². The fraction of sp³-hybridized carbons (Fsp3) is 0.471. The first-order chi connectivity index (χ1) is 9.81. The first kappa shape index (κ1) is 12.0. The molecule has 0 radical (unpaired) electrons. The SMILES string of the molecule is Nc1c(C2CC3CCC2C3)ncn1Cc1ccccc1. The highest BCUT2D eigenvalue weighted by Gasteiger charge is 2.42. The predicted octanol–water partition coefficient (Wildman–Crippen LogP) is 3.42. The van der Waals surface area contributed by atoms with Crippen LogP contribution in [0.2, 0.25) is 0 Å². The van der Waals surface area contributed by atoms with Crippen molar-refractivity contribution in [3.63, 3.8) is 0 Å². The summed E-state index contributed by atoms with van der Waals surface area (Å²) >= 11 is 0. The molecule has 0 amide bonds. The molecule has 2 aliphatic carbocycles. The molecule has 3 nitrogen and oxygen atoms in total. The quantitative estimate of drug-likeness (QED) is 0.926. The molecular formula is C17H21N3. The molecule has 2 bridgehead atoms. The number of aromatic nitrogens is 2. The van der Waals surface area contributed by atoms with Crippen LogP contribution in [0.25, 0.3) is 0 Å². The van der Waals surface area contributed by atoms with E-state index in [1.165, 1.54) is 31.2 Å². The number of nitrogens with two attached hydrogens (primary N) is 1. The van der Waals surface area contributed by atoms with Gasteiger partial charge in [-0.3, -0.25) is 0 Å². The maximum Gasteiger partial charge on any atom is 0.127 e. The molecule has 2 aliphatic rings.